The van der Waals surface area contributed by atoms with Crippen LogP contribution in [-0.4, -0.2) is 29.6 Å². The Hall–Kier alpha value is -3.44. The molecular formula is C26H24ClN3O2. The molecule has 3 aromatic carbocycles. The van der Waals surface area contributed by atoms with E-state index < -0.39 is 0 Å². The van der Waals surface area contributed by atoms with Crippen LogP contribution in [0.25, 0.3) is 10.9 Å². The Labute approximate surface area is 192 Å². The number of hydrogen-bond acceptors (Lipinski definition) is 2. The molecule has 0 spiro atoms. The number of amides is 2. The monoisotopic (exact) mass is 445 g/mol. The summed E-state index contributed by atoms with van der Waals surface area (Å²) < 4.78 is 5.44. The molecule has 5 nitrogen and oxygen atoms in total. The highest BCUT2D eigenvalue weighted by Gasteiger charge is 2.34. The highest BCUT2D eigenvalue weighted by Crippen LogP contribution is 2.40. The first-order chi connectivity index (χ1) is 15.5. The van der Waals surface area contributed by atoms with Crippen molar-refractivity contribution in [1.82, 2.24) is 9.88 Å². The number of aryl methyl sites for hydroxylation is 1. The second-order valence-corrected chi connectivity index (χ2v) is 8.50. The van der Waals surface area contributed by atoms with E-state index in [-0.39, 0.29) is 12.1 Å². The first-order valence-corrected chi connectivity index (χ1v) is 11.0. The molecule has 4 aromatic rings. The number of aromatic nitrogens is 1. The molecule has 1 aromatic heterocycles. The van der Waals surface area contributed by atoms with Crippen LogP contribution in [0.1, 0.15) is 28.4 Å². The molecule has 0 radical (unpaired) electrons. The molecule has 0 bridgehead atoms. The number of methoxy groups -OCH3 is 1. The largest absolute Gasteiger partial charge is 0.497 e. The maximum Gasteiger partial charge on any atom is 0.322 e. The molecule has 2 heterocycles. The Bertz CT molecular complexity index is 1300. The Kier molecular flexibility index (Phi) is 5.27. The van der Waals surface area contributed by atoms with Crippen molar-refractivity contribution < 1.29 is 9.53 Å². The van der Waals surface area contributed by atoms with Crippen molar-refractivity contribution in [3.05, 3.63) is 94.1 Å². The average Bonchev–Trinajstić information content (AvgIpc) is 3.18. The van der Waals surface area contributed by atoms with E-state index in [1.807, 2.05) is 35.2 Å². The van der Waals surface area contributed by atoms with E-state index in [2.05, 4.69) is 47.6 Å². The minimum atomic E-state index is -0.236. The van der Waals surface area contributed by atoms with Crippen molar-refractivity contribution in [2.75, 3.05) is 19.0 Å². The smallest absolute Gasteiger partial charge is 0.322 e. The van der Waals surface area contributed by atoms with Gasteiger partial charge in [-0.1, -0.05) is 53.6 Å². The molecule has 1 aliphatic heterocycles. The number of carbonyl (C=O) groups excluding carboxylic acids is 1. The Morgan fingerprint density at radius 1 is 1.12 bits per heavy atom. The van der Waals surface area contributed by atoms with Crippen LogP contribution in [0.5, 0.6) is 5.75 Å². The van der Waals surface area contributed by atoms with E-state index in [4.69, 9.17) is 16.3 Å². The fourth-order valence-electron chi connectivity index (χ4n) is 4.46. The van der Waals surface area contributed by atoms with Gasteiger partial charge in [-0.15, -0.1) is 0 Å². The summed E-state index contributed by atoms with van der Waals surface area (Å²) in [6.07, 6.45) is 0.751. The van der Waals surface area contributed by atoms with Gasteiger partial charge >= 0.3 is 6.03 Å². The van der Waals surface area contributed by atoms with Crippen LogP contribution in [-0.2, 0) is 6.42 Å². The van der Waals surface area contributed by atoms with Crippen LogP contribution in [0.15, 0.2) is 66.7 Å². The van der Waals surface area contributed by atoms with Gasteiger partial charge in [-0.2, -0.15) is 0 Å². The summed E-state index contributed by atoms with van der Waals surface area (Å²) in [5, 5.41) is 4.65. The number of aromatic amines is 1. The zero-order valence-corrected chi connectivity index (χ0v) is 18.7. The van der Waals surface area contributed by atoms with Gasteiger partial charge in [-0.3, -0.25) is 0 Å². The third kappa shape index (κ3) is 3.59. The van der Waals surface area contributed by atoms with E-state index in [0.717, 1.165) is 34.3 Å². The molecule has 0 fully saturated rings. The molecule has 0 aliphatic carbocycles. The topological polar surface area (TPSA) is 57.4 Å². The average molecular weight is 446 g/mol. The van der Waals surface area contributed by atoms with Crippen molar-refractivity contribution >= 4 is 34.2 Å². The van der Waals surface area contributed by atoms with Crippen molar-refractivity contribution in [3.63, 3.8) is 0 Å². The van der Waals surface area contributed by atoms with E-state index in [1.165, 1.54) is 11.1 Å². The van der Waals surface area contributed by atoms with E-state index in [9.17, 15) is 4.79 Å². The van der Waals surface area contributed by atoms with Crippen LogP contribution in [0.3, 0.4) is 0 Å². The lowest BCUT2D eigenvalue weighted by Crippen LogP contribution is -2.43. The molecular weight excluding hydrogens is 422 g/mol. The lowest BCUT2D eigenvalue weighted by Gasteiger charge is -2.36. The summed E-state index contributed by atoms with van der Waals surface area (Å²) in [6, 6.07) is 21.3. The number of hydrogen-bond donors (Lipinski definition) is 2. The Balaban J connectivity index is 1.59. The number of H-pyrrole nitrogens is 1. The number of fused-ring (bicyclic) bond motifs is 3. The van der Waals surface area contributed by atoms with Gasteiger partial charge in [0.1, 0.15) is 5.75 Å². The molecule has 0 saturated heterocycles. The van der Waals surface area contributed by atoms with Gasteiger partial charge in [0.15, 0.2) is 0 Å². The number of anilines is 1. The van der Waals surface area contributed by atoms with Crippen LogP contribution in [0.2, 0.25) is 5.02 Å². The predicted octanol–water partition coefficient (Wildman–Crippen LogP) is 6.32. The van der Waals surface area contributed by atoms with Crippen molar-refractivity contribution in [2.45, 2.75) is 19.4 Å². The van der Waals surface area contributed by atoms with Crippen LogP contribution in [0.4, 0.5) is 10.5 Å². The third-order valence-corrected chi connectivity index (χ3v) is 6.43. The summed E-state index contributed by atoms with van der Waals surface area (Å²) in [5.41, 5.74) is 6.15. The third-order valence-electron chi connectivity index (χ3n) is 6.10. The van der Waals surface area contributed by atoms with Gasteiger partial charge in [-0.05, 0) is 54.8 Å². The first-order valence-electron chi connectivity index (χ1n) is 10.6. The number of para-hydroxylation sites is 1. The van der Waals surface area contributed by atoms with E-state index >= 15 is 0 Å². The zero-order chi connectivity index (χ0) is 22.2. The van der Waals surface area contributed by atoms with Crippen LogP contribution >= 0.6 is 11.6 Å². The highest BCUT2D eigenvalue weighted by molar-refractivity contribution is 6.33. The summed E-state index contributed by atoms with van der Waals surface area (Å²) in [4.78, 5) is 18.9. The molecule has 1 aliphatic rings. The number of carbonyl (C=O) groups is 1. The summed E-state index contributed by atoms with van der Waals surface area (Å²) in [6.45, 7) is 2.65. The Morgan fingerprint density at radius 2 is 1.91 bits per heavy atom. The van der Waals surface area contributed by atoms with Gasteiger partial charge in [-0.25, -0.2) is 4.79 Å². The number of halogens is 1. The van der Waals surface area contributed by atoms with Crippen LogP contribution in [0, 0.1) is 6.92 Å². The number of nitrogens with one attached hydrogen (secondary N) is 2. The van der Waals surface area contributed by atoms with Crippen molar-refractivity contribution in [1.29, 1.82) is 0 Å². The first kappa shape index (κ1) is 20.5. The minimum Gasteiger partial charge on any atom is -0.497 e. The molecule has 5 rings (SSSR count). The van der Waals surface area contributed by atoms with Gasteiger partial charge < -0.3 is 19.9 Å². The van der Waals surface area contributed by atoms with E-state index in [1.54, 1.807) is 13.2 Å². The van der Waals surface area contributed by atoms with Crippen molar-refractivity contribution in [2.24, 2.45) is 0 Å². The van der Waals surface area contributed by atoms with Crippen molar-refractivity contribution in [3.8, 4) is 5.75 Å². The quantitative estimate of drug-likeness (QED) is 0.387. The van der Waals surface area contributed by atoms with Gasteiger partial charge in [0.25, 0.3) is 0 Å². The minimum absolute atomic E-state index is 0.175. The summed E-state index contributed by atoms with van der Waals surface area (Å²) in [5.74, 6) is 0.824. The number of nitrogens with zero attached hydrogens (tertiary/aromatic N) is 1. The van der Waals surface area contributed by atoms with Gasteiger partial charge in [0.2, 0.25) is 0 Å². The van der Waals surface area contributed by atoms with Gasteiger partial charge in [0, 0.05) is 23.1 Å². The molecule has 1 atom stereocenters. The maximum absolute atomic E-state index is 13.4. The lowest BCUT2D eigenvalue weighted by molar-refractivity contribution is 0.193. The summed E-state index contributed by atoms with van der Waals surface area (Å²) >= 11 is 6.29. The second-order valence-electron chi connectivity index (χ2n) is 8.10. The Morgan fingerprint density at radius 3 is 2.66 bits per heavy atom. The fourth-order valence-corrected chi connectivity index (χ4v) is 4.64. The number of rotatable bonds is 3. The number of urea groups is 1. The SMILES string of the molecule is COc1ccc2[nH]c3c(c2c1)CCN(C(=O)Nc1ccccc1Cl)[C@H]3c1ccc(C)cc1. The molecule has 162 valence electrons. The molecule has 0 unspecified atom stereocenters. The standard InChI is InChI=1S/C26H24ClN3O2/c1-16-7-9-17(10-8-16)25-24-19(20-15-18(32-2)11-12-22(20)28-24)13-14-30(25)26(31)29-23-6-4-3-5-21(23)27/h3-12,15,25,28H,13-14H2,1-2H3,(H,29,31)/t25-/m0/s1. The molecule has 2 amide bonds. The zero-order valence-electron chi connectivity index (χ0n) is 18.0. The highest BCUT2D eigenvalue weighted by atomic mass is 35.5. The molecule has 32 heavy (non-hydrogen) atoms. The molecule has 6 heteroatoms. The normalized spacial score (nSPS) is 15.5. The maximum atomic E-state index is 13.4. The lowest BCUT2D eigenvalue weighted by atomic mass is 9.92. The molecule has 0 saturated carbocycles. The second kappa shape index (κ2) is 8.24. The van der Waals surface area contributed by atoms with Crippen LogP contribution < -0.4 is 10.1 Å². The summed E-state index contributed by atoms with van der Waals surface area (Å²) in [7, 11) is 1.68. The number of ether oxygens (including phenoxy) is 1. The predicted molar refractivity (Wildman–Crippen MR) is 129 cm³/mol. The molecule has 2 N–H and O–H groups in total. The fraction of sp³-hybridized carbons (Fsp3) is 0.192. The number of benzene rings is 3. The van der Waals surface area contributed by atoms with E-state index in [0.29, 0.717) is 17.3 Å². The van der Waals surface area contributed by atoms with Gasteiger partial charge in [0.05, 0.1) is 23.9 Å².